The quantitative estimate of drug-likeness (QED) is 0.591. The number of anilines is 1. The second-order valence-corrected chi connectivity index (χ2v) is 7.74. The van der Waals surface area contributed by atoms with Gasteiger partial charge in [-0.2, -0.15) is 5.26 Å². The predicted molar refractivity (Wildman–Crippen MR) is 81.3 cm³/mol. The number of rotatable bonds is 1. The summed E-state index contributed by atoms with van der Waals surface area (Å²) in [7, 11) is 0. The van der Waals surface area contributed by atoms with Gasteiger partial charge in [0, 0.05) is 4.88 Å². The summed E-state index contributed by atoms with van der Waals surface area (Å²) >= 11 is 1.48. The van der Waals surface area contributed by atoms with E-state index in [2.05, 4.69) is 18.2 Å². The number of nitrogens with zero attached hydrogens (tertiary/aromatic N) is 2. The van der Waals surface area contributed by atoms with E-state index >= 15 is 0 Å². The smallest absolute Gasteiger partial charge is 0.238 e. The molecule has 2 bridgehead atoms. The lowest BCUT2D eigenvalue weighted by atomic mass is 9.85. The predicted octanol–water partition coefficient (Wildman–Crippen LogP) is 2.42. The van der Waals surface area contributed by atoms with Crippen LogP contribution in [0.1, 0.15) is 28.8 Å². The number of allylic oxidation sites excluding steroid dienone is 2. The highest BCUT2D eigenvalue weighted by Crippen LogP contribution is 2.54. The van der Waals surface area contributed by atoms with Crippen LogP contribution in [0.3, 0.4) is 0 Å². The fraction of sp³-hybridized carbons (Fsp3) is 0.471. The fourth-order valence-corrected chi connectivity index (χ4v) is 6.11. The summed E-state index contributed by atoms with van der Waals surface area (Å²) in [5.74, 6) is -0.105. The molecule has 0 spiro atoms. The average molecular weight is 310 g/mol. The molecule has 1 saturated heterocycles. The fourth-order valence-electron chi connectivity index (χ4n) is 4.77. The lowest BCUT2D eigenvalue weighted by molar-refractivity contribution is -0.123. The molecule has 4 aliphatic rings. The van der Waals surface area contributed by atoms with E-state index in [1.165, 1.54) is 21.1 Å². The maximum Gasteiger partial charge on any atom is 0.238 e. The normalized spacial score (nSPS) is 34.4. The molecular weight excluding hydrogens is 296 g/mol. The monoisotopic (exact) mass is 310 g/mol. The molecule has 22 heavy (non-hydrogen) atoms. The molecule has 1 saturated carbocycles. The van der Waals surface area contributed by atoms with Crippen LogP contribution < -0.4 is 4.90 Å². The Morgan fingerprint density at radius 2 is 1.82 bits per heavy atom. The van der Waals surface area contributed by atoms with Crippen molar-refractivity contribution >= 4 is 28.2 Å². The van der Waals surface area contributed by atoms with Crippen LogP contribution in [0.25, 0.3) is 0 Å². The first-order chi connectivity index (χ1) is 10.7. The largest absolute Gasteiger partial charge is 0.274 e. The zero-order valence-electron chi connectivity index (χ0n) is 11.9. The molecule has 0 unspecified atom stereocenters. The highest BCUT2D eigenvalue weighted by atomic mass is 32.1. The highest BCUT2D eigenvalue weighted by molar-refractivity contribution is 7.17. The van der Waals surface area contributed by atoms with Gasteiger partial charge in [0.25, 0.3) is 0 Å². The Morgan fingerprint density at radius 1 is 1.14 bits per heavy atom. The Morgan fingerprint density at radius 3 is 2.45 bits per heavy atom. The van der Waals surface area contributed by atoms with Gasteiger partial charge in [-0.25, -0.2) is 4.90 Å². The van der Waals surface area contributed by atoms with Crippen LogP contribution in [0.5, 0.6) is 0 Å². The molecule has 0 aromatic carbocycles. The minimum atomic E-state index is -0.189. The van der Waals surface area contributed by atoms with Crippen molar-refractivity contribution in [2.75, 3.05) is 4.90 Å². The summed E-state index contributed by atoms with van der Waals surface area (Å²) in [4.78, 5) is 28.2. The van der Waals surface area contributed by atoms with Crippen molar-refractivity contribution in [1.29, 1.82) is 5.26 Å². The lowest BCUT2D eigenvalue weighted by Gasteiger charge is -2.16. The zero-order chi connectivity index (χ0) is 15.0. The van der Waals surface area contributed by atoms with Gasteiger partial charge in [0.05, 0.1) is 17.4 Å². The van der Waals surface area contributed by atoms with E-state index in [4.69, 9.17) is 0 Å². The van der Waals surface area contributed by atoms with Crippen LogP contribution in [-0.2, 0) is 22.4 Å². The van der Waals surface area contributed by atoms with Gasteiger partial charge < -0.3 is 0 Å². The van der Waals surface area contributed by atoms with Crippen LogP contribution >= 0.6 is 11.3 Å². The van der Waals surface area contributed by atoms with E-state index in [1.54, 1.807) is 0 Å². The number of hydrogen-bond acceptors (Lipinski definition) is 4. The average Bonchev–Trinajstić information content (AvgIpc) is 3.26. The van der Waals surface area contributed by atoms with Gasteiger partial charge in [-0.15, -0.1) is 11.3 Å². The minimum absolute atomic E-state index is 0.0803. The van der Waals surface area contributed by atoms with E-state index in [0.29, 0.717) is 10.6 Å². The summed E-state index contributed by atoms with van der Waals surface area (Å²) in [6, 6.07) is 2.25. The molecular formula is C17H14N2O2S. The molecule has 4 nitrogen and oxygen atoms in total. The number of nitriles is 1. The molecule has 0 radical (unpaired) electrons. The van der Waals surface area contributed by atoms with E-state index in [1.807, 2.05) is 0 Å². The number of amides is 2. The Balaban J connectivity index is 1.62. The maximum absolute atomic E-state index is 12.9. The third-order valence-corrected chi connectivity index (χ3v) is 6.96. The molecule has 4 atom stereocenters. The number of imide groups is 1. The molecule has 1 aliphatic heterocycles. The summed E-state index contributed by atoms with van der Waals surface area (Å²) in [6.07, 6.45) is 8.06. The molecule has 5 heteroatoms. The summed E-state index contributed by atoms with van der Waals surface area (Å²) in [5.41, 5.74) is 1.64. The molecule has 2 fully saturated rings. The number of hydrogen-bond donors (Lipinski definition) is 0. The highest BCUT2D eigenvalue weighted by Gasteiger charge is 2.60. The van der Waals surface area contributed by atoms with Crippen molar-refractivity contribution in [3.63, 3.8) is 0 Å². The Kier molecular flexibility index (Phi) is 2.34. The van der Waals surface area contributed by atoms with Gasteiger partial charge in [0.1, 0.15) is 11.1 Å². The third-order valence-electron chi connectivity index (χ3n) is 5.69. The van der Waals surface area contributed by atoms with Crippen LogP contribution in [0.15, 0.2) is 12.2 Å². The number of aryl methyl sites for hydroxylation is 1. The van der Waals surface area contributed by atoms with E-state index < -0.39 is 0 Å². The van der Waals surface area contributed by atoms with Gasteiger partial charge in [0.15, 0.2) is 0 Å². The van der Waals surface area contributed by atoms with Crippen molar-refractivity contribution in [3.05, 3.63) is 28.2 Å². The standard InChI is InChI=1S/C17H14N2O2S/c18-7-11-10-2-1-3-12(10)22-17(11)19-15(20)13-8-4-5-9(6-8)14(13)16(19)21/h4-5,8-9,13-14H,1-3,6H2/t8-,9+,13-,14+. The Hall–Kier alpha value is -1.93. The maximum atomic E-state index is 12.9. The Bertz CT molecular complexity index is 770. The first-order valence-electron chi connectivity index (χ1n) is 7.81. The number of thiophene rings is 1. The summed E-state index contributed by atoms with van der Waals surface area (Å²) < 4.78 is 0. The molecule has 3 aliphatic carbocycles. The molecule has 2 amide bonds. The van der Waals surface area contributed by atoms with E-state index in [0.717, 1.165) is 31.2 Å². The minimum Gasteiger partial charge on any atom is -0.274 e. The SMILES string of the molecule is N#Cc1c(N2C(=O)[C@@H]3[C@H](C2=O)[C@@H]2C=C[C@H]3C2)sc2c1CCC2. The first kappa shape index (κ1) is 12.6. The van der Waals surface area contributed by atoms with Crippen LogP contribution in [0, 0.1) is 35.0 Å². The number of fused-ring (bicyclic) bond motifs is 6. The first-order valence-corrected chi connectivity index (χ1v) is 8.63. The van der Waals surface area contributed by atoms with Gasteiger partial charge in [-0.05, 0) is 43.1 Å². The van der Waals surface area contributed by atoms with Gasteiger partial charge >= 0.3 is 0 Å². The molecule has 110 valence electrons. The summed E-state index contributed by atoms with van der Waals surface area (Å²) in [5, 5.41) is 10.1. The zero-order valence-corrected chi connectivity index (χ0v) is 12.7. The van der Waals surface area contributed by atoms with Crippen LogP contribution in [0.4, 0.5) is 5.00 Å². The lowest BCUT2D eigenvalue weighted by Crippen LogP contribution is -2.32. The van der Waals surface area contributed by atoms with Crippen molar-refractivity contribution in [2.24, 2.45) is 23.7 Å². The van der Waals surface area contributed by atoms with E-state index in [-0.39, 0.29) is 35.5 Å². The van der Waals surface area contributed by atoms with Crippen LogP contribution in [0.2, 0.25) is 0 Å². The molecule has 2 heterocycles. The van der Waals surface area contributed by atoms with E-state index in [9.17, 15) is 14.9 Å². The van der Waals surface area contributed by atoms with Crippen molar-refractivity contribution in [1.82, 2.24) is 0 Å². The van der Waals surface area contributed by atoms with Gasteiger partial charge in [0.2, 0.25) is 11.8 Å². The van der Waals surface area contributed by atoms with Crippen LogP contribution in [-0.4, -0.2) is 11.8 Å². The van der Waals surface area contributed by atoms with Crippen molar-refractivity contribution in [2.45, 2.75) is 25.7 Å². The number of carbonyl (C=O) groups is 2. The van der Waals surface area contributed by atoms with Crippen molar-refractivity contribution in [3.8, 4) is 6.07 Å². The topological polar surface area (TPSA) is 61.2 Å². The van der Waals surface area contributed by atoms with Gasteiger partial charge in [-0.3, -0.25) is 9.59 Å². The molecule has 1 aromatic heterocycles. The molecule has 5 rings (SSSR count). The Labute approximate surface area is 132 Å². The molecule has 0 N–H and O–H groups in total. The molecule has 1 aromatic rings. The summed E-state index contributed by atoms with van der Waals surface area (Å²) in [6.45, 7) is 0. The second-order valence-electron chi connectivity index (χ2n) is 6.66. The third kappa shape index (κ3) is 1.32. The van der Waals surface area contributed by atoms with Crippen molar-refractivity contribution < 1.29 is 9.59 Å². The van der Waals surface area contributed by atoms with Gasteiger partial charge in [-0.1, -0.05) is 12.2 Å². The number of carbonyl (C=O) groups excluding carboxylic acids is 2. The second kappa shape index (κ2) is 4.08.